The van der Waals surface area contributed by atoms with Crippen molar-refractivity contribution in [1.29, 1.82) is 0 Å². The van der Waals surface area contributed by atoms with Gasteiger partial charge in [-0.2, -0.15) is 5.10 Å². The van der Waals surface area contributed by atoms with Crippen LogP contribution in [0.3, 0.4) is 0 Å². The Hall–Kier alpha value is -1.33. The van der Waals surface area contributed by atoms with Crippen LogP contribution in [0.15, 0.2) is 24.0 Å². The number of halogens is 1. The van der Waals surface area contributed by atoms with Crippen LogP contribution in [0.1, 0.15) is 11.5 Å². The van der Waals surface area contributed by atoms with E-state index in [1.807, 2.05) is 19.4 Å². The van der Waals surface area contributed by atoms with Gasteiger partial charge in [-0.15, -0.1) is 0 Å². The van der Waals surface area contributed by atoms with E-state index in [0.717, 1.165) is 12.1 Å². The Kier molecular flexibility index (Phi) is 4.04. The van der Waals surface area contributed by atoms with Crippen molar-refractivity contribution >= 4 is 17.5 Å². The smallest absolute Gasteiger partial charge is 0.225 e. The van der Waals surface area contributed by atoms with E-state index >= 15 is 0 Å². The molecule has 0 aliphatic carbocycles. The van der Waals surface area contributed by atoms with Gasteiger partial charge in [-0.1, -0.05) is 18.2 Å². The van der Waals surface area contributed by atoms with Crippen molar-refractivity contribution in [3.63, 3.8) is 0 Å². The molecular formula is C12H17ClN4O. The molecule has 0 saturated carbocycles. The van der Waals surface area contributed by atoms with E-state index in [0.29, 0.717) is 18.1 Å². The summed E-state index contributed by atoms with van der Waals surface area (Å²) >= 11 is 5.65. The van der Waals surface area contributed by atoms with Crippen LogP contribution in [-0.2, 0) is 11.8 Å². The van der Waals surface area contributed by atoms with Crippen LogP contribution in [0, 0.1) is 5.92 Å². The minimum Gasteiger partial charge on any atom is -0.351 e. The summed E-state index contributed by atoms with van der Waals surface area (Å²) in [6.07, 6.45) is 3.77. The normalized spacial score (nSPS) is 23.0. The molecule has 2 heterocycles. The summed E-state index contributed by atoms with van der Waals surface area (Å²) in [6.45, 7) is 5.35. The van der Waals surface area contributed by atoms with E-state index < -0.39 is 0 Å². The molecule has 1 saturated heterocycles. The zero-order valence-electron chi connectivity index (χ0n) is 10.3. The highest BCUT2D eigenvalue weighted by Gasteiger charge is 2.34. The molecule has 1 aromatic heterocycles. The number of rotatable bonds is 4. The number of aryl methyl sites for hydroxylation is 1. The lowest BCUT2D eigenvalue weighted by Crippen LogP contribution is -2.34. The molecule has 1 amide bonds. The van der Waals surface area contributed by atoms with E-state index in [2.05, 4.69) is 22.3 Å². The summed E-state index contributed by atoms with van der Waals surface area (Å²) in [5.41, 5.74) is 1.09. The van der Waals surface area contributed by atoms with E-state index in [4.69, 9.17) is 11.6 Å². The summed E-state index contributed by atoms with van der Waals surface area (Å²) in [4.78, 5) is 12.1. The number of hydrogen-bond donors (Lipinski definition) is 2. The number of carbonyl (C=O) groups is 1. The zero-order valence-corrected chi connectivity index (χ0v) is 11.1. The van der Waals surface area contributed by atoms with Gasteiger partial charge in [-0.05, 0) is 5.56 Å². The van der Waals surface area contributed by atoms with Crippen molar-refractivity contribution in [2.24, 2.45) is 13.0 Å². The molecule has 0 aromatic carbocycles. The highest BCUT2D eigenvalue weighted by molar-refractivity contribution is 6.29. The Labute approximate surface area is 111 Å². The van der Waals surface area contributed by atoms with Gasteiger partial charge < -0.3 is 10.6 Å². The summed E-state index contributed by atoms with van der Waals surface area (Å²) in [6, 6.07) is 0. The molecule has 6 heteroatoms. The molecule has 5 nitrogen and oxygen atoms in total. The van der Waals surface area contributed by atoms with Crippen LogP contribution in [0.2, 0.25) is 0 Å². The van der Waals surface area contributed by atoms with Crippen LogP contribution in [0.5, 0.6) is 0 Å². The number of nitrogens with one attached hydrogen (secondary N) is 2. The van der Waals surface area contributed by atoms with Gasteiger partial charge in [-0.3, -0.25) is 9.48 Å². The van der Waals surface area contributed by atoms with Crippen molar-refractivity contribution in [3.05, 3.63) is 29.6 Å². The maximum absolute atomic E-state index is 12.1. The molecule has 1 aliphatic heterocycles. The molecule has 18 heavy (non-hydrogen) atoms. The van der Waals surface area contributed by atoms with Crippen LogP contribution >= 0.6 is 11.6 Å². The second kappa shape index (κ2) is 5.54. The van der Waals surface area contributed by atoms with Crippen LogP contribution in [0.4, 0.5) is 0 Å². The molecule has 1 fully saturated rings. The molecule has 1 aliphatic rings. The van der Waals surface area contributed by atoms with Crippen molar-refractivity contribution in [2.75, 3.05) is 19.6 Å². The van der Waals surface area contributed by atoms with Crippen LogP contribution in [-0.4, -0.2) is 35.3 Å². The fourth-order valence-electron chi connectivity index (χ4n) is 2.25. The number of nitrogens with zero attached hydrogens (tertiary/aromatic N) is 2. The van der Waals surface area contributed by atoms with E-state index in [1.165, 1.54) is 0 Å². The molecule has 2 rings (SSSR count). The van der Waals surface area contributed by atoms with Gasteiger partial charge in [0.2, 0.25) is 5.91 Å². The van der Waals surface area contributed by atoms with E-state index in [9.17, 15) is 4.79 Å². The van der Waals surface area contributed by atoms with Gasteiger partial charge in [0.15, 0.2) is 0 Å². The maximum atomic E-state index is 12.1. The monoisotopic (exact) mass is 268 g/mol. The predicted molar refractivity (Wildman–Crippen MR) is 70.3 cm³/mol. The van der Waals surface area contributed by atoms with Crippen molar-refractivity contribution in [2.45, 2.75) is 5.92 Å². The molecule has 0 unspecified atom stereocenters. The minimum absolute atomic E-state index is 0.00986. The number of carbonyl (C=O) groups excluding carboxylic acids is 1. The molecule has 2 atom stereocenters. The first kappa shape index (κ1) is 13.1. The van der Waals surface area contributed by atoms with Gasteiger partial charge in [0.25, 0.3) is 0 Å². The van der Waals surface area contributed by atoms with Gasteiger partial charge in [0.1, 0.15) is 0 Å². The lowest BCUT2D eigenvalue weighted by molar-refractivity contribution is -0.124. The first-order chi connectivity index (χ1) is 8.58. The third-order valence-corrected chi connectivity index (χ3v) is 3.29. The van der Waals surface area contributed by atoms with Gasteiger partial charge in [0, 0.05) is 37.3 Å². The highest BCUT2D eigenvalue weighted by atomic mass is 35.5. The first-order valence-corrected chi connectivity index (χ1v) is 6.26. The fourth-order valence-corrected chi connectivity index (χ4v) is 2.32. The lowest BCUT2D eigenvalue weighted by Gasteiger charge is -2.16. The molecule has 1 aromatic rings. The third-order valence-electron chi connectivity index (χ3n) is 3.16. The Balaban J connectivity index is 2.03. The summed E-state index contributed by atoms with van der Waals surface area (Å²) in [5, 5.41) is 10.6. The van der Waals surface area contributed by atoms with Gasteiger partial charge in [0.05, 0.1) is 18.7 Å². The van der Waals surface area contributed by atoms with Crippen molar-refractivity contribution in [3.8, 4) is 0 Å². The molecule has 98 valence electrons. The second-order valence-electron chi connectivity index (χ2n) is 4.55. The lowest BCUT2D eigenvalue weighted by atomic mass is 9.90. The van der Waals surface area contributed by atoms with Crippen molar-refractivity contribution in [1.82, 2.24) is 20.4 Å². The second-order valence-corrected chi connectivity index (χ2v) is 5.09. The van der Waals surface area contributed by atoms with Crippen LogP contribution < -0.4 is 10.6 Å². The van der Waals surface area contributed by atoms with Gasteiger partial charge in [-0.25, -0.2) is 0 Å². The van der Waals surface area contributed by atoms with Crippen molar-refractivity contribution < 1.29 is 4.79 Å². The van der Waals surface area contributed by atoms with E-state index in [1.54, 1.807) is 4.68 Å². The molecule has 2 N–H and O–H groups in total. The third kappa shape index (κ3) is 2.91. The average Bonchev–Trinajstić information content (AvgIpc) is 2.93. The topological polar surface area (TPSA) is 59.0 Å². The molecule has 0 radical (unpaired) electrons. The van der Waals surface area contributed by atoms with Gasteiger partial charge >= 0.3 is 0 Å². The fraction of sp³-hybridized carbons (Fsp3) is 0.500. The largest absolute Gasteiger partial charge is 0.351 e. The van der Waals surface area contributed by atoms with Crippen LogP contribution in [0.25, 0.3) is 0 Å². The minimum atomic E-state index is -0.0785. The SMILES string of the molecule is C=C(Cl)CNC(=O)[C@H]1CNC[C@@H]1c1cnn(C)c1. The Bertz CT molecular complexity index is 457. The highest BCUT2D eigenvalue weighted by Crippen LogP contribution is 2.27. The Morgan fingerprint density at radius 3 is 3.11 bits per heavy atom. The number of aromatic nitrogens is 2. The summed E-state index contributed by atoms with van der Waals surface area (Å²) < 4.78 is 1.75. The van der Waals surface area contributed by atoms with E-state index in [-0.39, 0.29) is 17.7 Å². The zero-order chi connectivity index (χ0) is 13.1. The first-order valence-electron chi connectivity index (χ1n) is 5.88. The maximum Gasteiger partial charge on any atom is 0.225 e. The Morgan fingerprint density at radius 2 is 2.50 bits per heavy atom. The molecule has 0 spiro atoms. The number of hydrogen-bond acceptors (Lipinski definition) is 3. The summed E-state index contributed by atoms with van der Waals surface area (Å²) in [7, 11) is 1.87. The standard InChI is InChI=1S/C12H17ClN4O/c1-8(13)3-15-12(18)11-6-14-5-10(11)9-4-16-17(2)7-9/h4,7,10-11,14H,1,3,5-6H2,2H3,(H,15,18)/t10-,11+/m1/s1. The molecular weight excluding hydrogens is 252 g/mol. The average molecular weight is 269 g/mol. The molecule has 0 bridgehead atoms. The Morgan fingerprint density at radius 1 is 1.72 bits per heavy atom. The number of amides is 1. The predicted octanol–water partition coefficient (Wildman–Crippen LogP) is 0.592. The summed E-state index contributed by atoms with van der Waals surface area (Å²) in [5.74, 6) is 0.100. The quantitative estimate of drug-likeness (QED) is 0.840.